The summed E-state index contributed by atoms with van der Waals surface area (Å²) >= 11 is 0. The lowest BCUT2D eigenvalue weighted by molar-refractivity contribution is 0.0963. The average molecular weight is 291 g/mol. The van der Waals surface area contributed by atoms with Crippen LogP contribution in [0.2, 0.25) is 0 Å². The van der Waals surface area contributed by atoms with Crippen molar-refractivity contribution in [2.75, 3.05) is 7.05 Å². The van der Waals surface area contributed by atoms with Gasteiger partial charge in [-0.2, -0.15) is 5.10 Å². The van der Waals surface area contributed by atoms with Gasteiger partial charge in [-0.3, -0.25) is 9.89 Å². The smallest absolute Gasteiger partial charge is 0.251 e. The molecule has 0 atom stereocenters. The van der Waals surface area contributed by atoms with E-state index in [1.54, 1.807) is 19.2 Å². The summed E-state index contributed by atoms with van der Waals surface area (Å²) < 4.78 is 0. The van der Waals surface area contributed by atoms with E-state index >= 15 is 0 Å². The molecule has 4 aromatic rings. The number of hydrogen-bond acceptors (Lipinski definition) is 3. The fourth-order valence-corrected chi connectivity index (χ4v) is 2.55. The molecule has 2 heterocycles. The van der Waals surface area contributed by atoms with Gasteiger partial charge in [-0.1, -0.05) is 18.2 Å². The molecule has 3 N–H and O–H groups in total. The molecule has 0 unspecified atom stereocenters. The summed E-state index contributed by atoms with van der Waals surface area (Å²) in [5.74, 6) is 0.560. The molecule has 6 heteroatoms. The summed E-state index contributed by atoms with van der Waals surface area (Å²) in [5.41, 5.74) is 3.94. The van der Waals surface area contributed by atoms with E-state index in [4.69, 9.17) is 0 Å². The van der Waals surface area contributed by atoms with Crippen LogP contribution >= 0.6 is 0 Å². The van der Waals surface area contributed by atoms with Crippen LogP contribution in [0.1, 0.15) is 10.4 Å². The standard InChI is InChI=1S/C16H13N5O/c1-17-16(22)9-6-7-12-13(8-9)19-15(18-12)14-10-4-2-3-5-11(10)20-21-14/h2-8H,1H3,(H,17,22)(H,18,19)(H,20,21). The number of para-hydroxylation sites is 1. The molecule has 108 valence electrons. The van der Waals surface area contributed by atoms with Crippen LogP contribution in [0, 0.1) is 0 Å². The maximum Gasteiger partial charge on any atom is 0.251 e. The van der Waals surface area contributed by atoms with E-state index in [1.807, 2.05) is 30.3 Å². The van der Waals surface area contributed by atoms with E-state index in [0.717, 1.165) is 27.6 Å². The zero-order valence-electron chi connectivity index (χ0n) is 11.8. The normalized spacial score (nSPS) is 11.1. The Labute approximate surface area is 125 Å². The second-order valence-electron chi connectivity index (χ2n) is 5.01. The van der Waals surface area contributed by atoms with E-state index in [9.17, 15) is 4.79 Å². The van der Waals surface area contributed by atoms with E-state index < -0.39 is 0 Å². The van der Waals surface area contributed by atoms with Crippen LogP contribution in [-0.4, -0.2) is 33.1 Å². The molecule has 0 fully saturated rings. The molecule has 2 aromatic heterocycles. The highest BCUT2D eigenvalue weighted by Gasteiger charge is 2.13. The van der Waals surface area contributed by atoms with Crippen molar-refractivity contribution >= 4 is 27.8 Å². The Hall–Kier alpha value is -3.15. The summed E-state index contributed by atoms with van der Waals surface area (Å²) in [6.07, 6.45) is 0. The molecule has 0 saturated carbocycles. The SMILES string of the molecule is CNC(=O)c1ccc2nc(-c3n[nH]c4ccccc34)[nH]c2c1. The molecule has 2 aromatic carbocycles. The fraction of sp³-hybridized carbons (Fsp3) is 0.0625. The first-order chi connectivity index (χ1) is 10.8. The molecule has 22 heavy (non-hydrogen) atoms. The number of aromatic nitrogens is 4. The molecular formula is C16H13N5O. The van der Waals surface area contributed by atoms with Gasteiger partial charge < -0.3 is 10.3 Å². The minimum absolute atomic E-state index is 0.122. The van der Waals surface area contributed by atoms with Crippen molar-refractivity contribution in [2.24, 2.45) is 0 Å². The van der Waals surface area contributed by atoms with Crippen molar-refractivity contribution < 1.29 is 4.79 Å². The molecule has 0 spiro atoms. The Balaban J connectivity index is 1.87. The molecule has 0 aliphatic heterocycles. The Morgan fingerprint density at radius 3 is 2.86 bits per heavy atom. The predicted octanol–water partition coefficient (Wildman–Crippen LogP) is 2.47. The first kappa shape index (κ1) is 12.6. The number of rotatable bonds is 2. The van der Waals surface area contributed by atoms with Gasteiger partial charge in [0.25, 0.3) is 5.91 Å². The van der Waals surface area contributed by atoms with E-state index in [0.29, 0.717) is 11.4 Å². The molecule has 0 radical (unpaired) electrons. The molecular weight excluding hydrogens is 278 g/mol. The topological polar surface area (TPSA) is 86.5 Å². The number of carbonyl (C=O) groups excluding carboxylic acids is 1. The van der Waals surface area contributed by atoms with Gasteiger partial charge in [0.15, 0.2) is 5.82 Å². The lowest BCUT2D eigenvalue weighted by Gasteiger charge is -1.98. The van der Waals surface area contributed by atoms with Gasteiger partial charge in [0.1, 0.15) is 5.69 Å². The monoisotopic (exact) mass is 291 g/mol. The van der Waals surface area contributed by atoms with Crippen LogP contribution in [-0.2, 0) is 0 Å². The zero-order valence-corrected chi connectivity index (χ0v) is 11.8. The van der Waals surface area contributed by atoms with Gasteiger partial charge >= 0.3 is 0 Å². The number of hydrogen-bond donors (Lipinski definition) is 3. The number of nitrogens with one attached hydrogen (secondary N) is 3. The summed E-state index contributed by atoms with van der Waals surface area (Å²) in [7, 11) is 1.61. The third-order valence-corrected chi connectivity index (χ3v) is 3.67. The third kappa shape index (κ3) is 1.85. The minimum atomic E-state index is -0.122. The van der Waals surface area contributed by atoms with Crippen molar-refractivity contribution in [1.29, 1.82) is 0 Å². The lowest BCUT2D eigenvalue weighted by Crippen LogP contribution is -2.17. The van der Waals surface area contributed by atoms with Crippen LogP contribution in [0.5, 0.6) is 0 Å². The number of fused-ring (bicyclic) bond motifs is 2. The molecule has 1 amide bonds. The summed E-state index contributed by atoms with van der Waals surface area (Å²) in [4.78, 5) is 19.5. The maximum atomic E-state index is 11.7. The van der Waals surface area contributed by atoms with Crippen LogP contribution in [0.15, 0.2) is 42.5 Å². The maximum absolute atomic E-state index is 11.7. The Bertz CT molecular complexity index is 998. The number of H-pyrrole nitrogens is 2. The van der Waals surface area contributed by atoms with Gasteiger partial charge in [0.05, 0.1) is 16.6 Å². The molecule has 0 saturated heterocycles. The van der Waals surface area contributed by atoms with Gasteiger partial charge in [0.2, 0.25) is 0 Å². The largest absolute Gasteiger partial charge is 0.355 e. The van der Waals surface area contributed by atoms with Crippen molar-refractivity contribution in [3.63, 3.8) is 0 Å². The molecule has 0 aliphatic carbocycles. The van der Waals surface area contributed by atoms with Crippen molar-refractivity contribution in [3.8, 4) is 11.5 Å². The molecule has 6 nitrogen and oxygen atoms in total. The Morgan fingerprint density at radius 2 is 2.00 bits per heavy atom. The fourth-order valence-electron chi connectivity index (χ4n) is 2.55. The average Bonchev–Trinajstić information content (AvgIpc) is 3.16. The van der Waals surface area contributed by atoms with Gasteiger partial charge in [-0.05, 0) is 24.3 Å². The second-order valence-corrected chi connectivity index (χ2v) is 5.01. The predicted molar refractivity (Wildman–Crippen MR) is 84.6 cm³/mol. The van der Waals surface area contributed by atoms with Crippen molar-refractivity contribution in [1.82, 2.24) is 25.5 Å². The highest BCUT2D eigenvalue weighted by Crippen LogP contribution is 2.26. The first-order valence-corrected chi connectivity index (χ1v) is 6.91. The highest BCUT2D eigenvalue weighted by molar-refractivity contribution is 5.98. The quantitative estimate of drug-likeness (QED) is 0.530. The van der Waals surface area contributed by atoms with Gasteiger partial charge in [-0.15, -0.1) is 0 Å². The van der Waals surface area contributed by atoms with E-state index in [2.05, 4.69) is 25.5 Å². The number of carbonyl (C=O) groups is 1. The van der Waals surface area contributed by atoms with Crippen molar-refractivity contribution in [2.45, 2.75) is 0 Å². The highest BCUT2D eigenvalue weighted by atomic mass is 16.1. The molecule has 4 rings (SSSR count). The van der Waals surface area contributed by atoms with Crippen LogP contribution < -0.4 is 5.32 Å². The zero-order chi connectivity index (χ0) is 15.1. The summed E-state index contributed by atoms with van der Waals surface area (Å²) in [6.45, 7) is 0. The minimum Gasteiger partial charge on any atom is -0.355 e. The van der Waals surface area contributed by atoms with Gasteiger partial charge in [0, 0.05) is 18.0 Å². The Morgan fingerprint density at radius 1 is 1.14 bits per heavy atom. The summed E-state index contributed by atoms with van der Waals surface area (Å²) in [6, 6.07) is 13.3. The number of aromatic amines is 2. The molecule has 0 bridgehead atoms. The van der Waals surface area contributed by atoms with E-state index in [-0.39, 0.29) is 5.91 Å². The summed E-state index contributed by atoms with van der Waals surface area (Å²) in [5, 5.41) is 11.0. The third-order valence-electron chi connectivity index (χ3n) is 3.67. The molecule has 0 aliphatic rings. The Kier molecular flexibility index (Phi) is 2.69. The number of imidazole rings is 1. The van der Waals surface area contributed by atoms with Gasteiger partial charge in [-0.25, -0.2) is 4.98 Å². The second kappa shape index (κ2) is 4.70. The first-order valence-electron chi connectivity index (χ1n) is 6.91. The van der Waals surface area contributed by atoms with Crippen LogP contribution in [0.25, 0.3) is 33.5 Å². The van der Waals surface area contributed by atoms with Crippen molar-refractivity contribution in [3.05, 3.63) is 48.0 Å². The lowest BCUT2D eigenvalue weighted by atomic mass is 10.2. The van der Waals surface area contributed by atoms with Crippen LogP contribution in [0.4, 0.5) is 0 Å². The number of benzene rings is 2. The van der Waals surface area contributed by atoms with Crippen LogP contribution in [0.3, 0.4) is 0 Å². The number of nitrogens with zero attached hydrogens (tertiary/aromatic N) is 2. The number of amides is 1. The van der Waals surface area contributed by atoms with E-state index in [1.165, 1.54) is 0 Å².